The molecule has 35 heavy (non-hydrogen) atoms. The van der Waals surface area contributed by atoms with Gasteiger partial charge >= 0.3 is 6.18 Å². The fourth-order valence-electron chi connectivity index (χ4n) is 4.44. The zero-order valence-electron chi connectivity index (χ0n) is 18.9. The van der Waals surface area contributed by atoms with Crippen molar-refractivity contribution in [3.63, 3.8) is 0 Å². The number of ether oxygens (including phenoxy) is 1. The Morgan fingerprint density at radius 3 is 2.29 bits per heavy atom. The van der Waals surface area contributed by atoms with E-state index in [4.69, 9.17) is 4.74 Å². The molecule has 0 unspecified atom stereocenters. The average molecular weight is 525 g/mol. The van der Waals surface area contributed by atoms with Gasteiger partial charge in [0.25, 0.3) is 5.82 Å². The monoisotopic (exact) mass is 524 g/mol. The third-order valence-corrected chi connectivity index (χ3v) is 7.63. The normalized spacial score (nSPS) is 19.8. The molecule has 0 radical (unpaired) electrons. The Labute approximate surface area is 199 Å². The summed E-state index contributed by atoms with van der Waals surface area (Å²) in [6.45, 7) is 1.43. The highest BCUT2D eigenvalue weighted by Crippen LogP contribution is 2.34. The lowest BCUT2D eigenvalue weighted by atomic mass is 9.89. The number of rotatable bonds is 6. The molecule has 0 N–H and O–H groups in total. The zero-order chi connectivity index (χ0) is 25.4. The number of aromatic nitrogens is 2. The molecular weight excluding hydrogens is 499 g/mol. The van der Waals surface area contributed by atoms with Crippen molar-refractivity contribution in [1.82, 2.24) is 19.3 Å². The van der Waals surface area contributed by atoms with Gasteiger partial charge in [-0.25, -0.2) is 21.5 Å². The average Bonchev–Trinajstić information content (AvgIpc) is 3.26. The van der Waals surface area contributed by atoms with Crippen LogP contribution in [-0.2, 0) is 22.7 Å². The first-order valence-electron chi connectivity index (χ1n) is 11.1. The van der Waals surface area contributed by atoms with Crippen LogP contribution in [0.4, 0.5) is 22.0 Å². The molecule has 4 rings (SSSR count). The van der Waals surface area contributed by atoms with Crippen molar-refractivity contribution in [2.75, 3.05) is 32.4 Å². The number of benzene rings is 1. The lowest BCUT2D eigenvalue weighted by Crippen LogP contribution is -2.38. The molecule has 0 bridgehead atoms. The van der Waals surface area contributed by atoms with Crippen molar-refractivity contribution in [3.05, 3.63) is 41.0 Å². The van der Waals surface area contributed by atoms with Crippen LogP contribution in [0.1, 0.15) is 48.9 Å². The van der Waals surface area contributed by atoms with Crippen molar-refractivity contribution in [1.29, 1.82) is 0 Å². The van der Waals surface area contributed by atoms with E-state index in [0.717, 1.165) is 18.4 Å². The summed E-state index contributed by atoms with van der Waals surface area (Å²) in [5.74, 6) is -3.27. The standard InChI is InChI=1S/C21H25F5N4O4S/c1-35(31,32)30-8-2-13(3-9-30)15-10-17(23)18(11-16(15)22)33-14-4-6-29(7-5-14)12-19-27-20(28-34-19)21(24,25)26/h10-11,13-14H,2-9,12H2,1H3. The van der Waals surface area contributed by atoms with Gasteiger partial charge in [-0.2, -0.15) is 18.2 Å². The van der Waals surface area contributed by atoms with Crippen molar-refractivity contribution >= 4 is 10.0 Å². The first-order valence-corrected chi connectivity index (χ1v) is 13.0. The van der Waals surface area contributed by atoms with Gasteiger partial charge in [0.1, 0.15) is 11.9 Å². The highest BCUT2D eigenvalue weighted by molar-refractivity contribution is 7.88. The SMILES string of the molecule is CS(=O)(=O)N1CCC(c2cc(F)c(OC3CCN(Cc4nc(C(F)(F)F)no4)CC3)cc2F)CC1. The van der Waals surface area contributed by atoms with Gasteiger partial charge in [0.15, 0.2) is 11.6 Å². The summed E-state index contributed by atoms with van der Waals surface area (Å²) >= 11 is 0. The fraction of sp³-hybridized carbons (Fsp3) is 0.619. The van der Waals surface area contributed by atoms with E-state index in [0.29, 0.717) is 38.8 Å². The van der Waals surface area contributed by atoms with Crippen LogP contribution >= 0.6 is 0 Å². The van der Waals surface area contributed by atoms with E-state index in [9.17, 15) is 30.4 Å². The van der Waals surface area contributed by atoms with Crippen LogP contribution in [0, 0.1) is 11.6 Å². The predicted molar refractivity (Wildman–Crippen MR) is 113 cm³/mol. The molecule has 14 heteroatoms. The summed E-state index contributed by atoms with van der Waals surface area (Å²) in [5, 5.41) is 2.93. The second-order valence-electron chi connectivity index (χ2n) is 8.84. The molecule has 0 atom stereocenters. The number of halogens is 5. The van der Waals surface area contributed by atoms with E-state index in [1.165, 1.54) is 4.31 Å². The van der Waals surface area contributed by atoms with E-state index >= 15 is 0 Å². The first kappa shape index (κ1) is 25.8. The van der Waals surface area contributed by atoms with Crippen LogP contribution in [0.25, 0.3) is 0 Å². The Kier molecular flexibility index (Phi) is 7.34. The van der Waals surface area contributed by atoms with Crippen LogP contribution in [-0.4, -0.2) is 66.3 Å². The van der Waals surface area contributed by atoms with Crippen molar-refractivity contribution in [3.8, 4) is 5.75 Å². The molecule has 0 spiro atoms. The minimum Gasteiger partial charge on any atom is -0.487 e. The molecule has 2 aliphatic rings. The van der Waals surface area contributed by atoms with E-state index in [1.54, 1.807) is 0 Å². The third kappa shape index (κ3) is 6.28. The van der Waals surface area contributed by atoms with Crippen molar-refractivity contribution in [2.24, 2.45) is 0 Å². The molecule has 0 aliphatic carbocycles. The summed E-state index contributed by atoms with van der Waals surface area (Å²) < 4.78 is 102. The number of hydrogen-bond donors (Lipinski definition) is 0. The minimum atomic E-state index is -4.68. The lowest BCUT2D eigenvalue weighted by molar-refractivity contribution is -0.146. The van der Waals surface area contributed by atoms with Gasteiger partial charge < -0.3 is 9.26 Å². The largest absolute Gasteiger partial charge is 0.487 e. The maximum atomic E-state index is 14.8. The molecule has 2 aliphatic heterocycles. The fourth-order valence-corrected chi connectivity index (χ4v) is 5.31. The Morgan fingerprint density at radius 2 is 1.71 bits per heavy atom. The molecular formula is C21H25F5N4O4S. The summed E-state index contributed by atoms with van der Waals surface area (Å²) in [7, 11) is -3.31. The number of likely N-dealkylation sites (tertiary alicyclic amines) is 1. The Bertz CT molecular complexity index is 1140. The van der Waals surface area contributed by atoms with E-state index in [-0.39, 0.29) is 42.8 Å². The van der Waals surface area contributed by atoms with E-state index in [2.05, 4.69) is 14.7 Å². The van der Waals surface area contributed by atoms with Crippen molar-refractivity contribution < 1.29 is 39.6 Å². The number of nitrogens with zero attached hydrogens (tertiary/aromatic N) is 4. The van der Waals surface area contributed by atoms with Gasteiger partial charge in [0.05, 0.1) is 12.8 Å². The first-order chi connectivity index (χ1) is 16.4. The molecule has 1 aromatic heterocycles. The second kappa shape index (κ2) is 9.97. The van der Waals surface area contributed by atoms with Crippen LogP contribution in [0.15, 0.2) is 16.7 Å². The highest BCUT2D eigenvalue weighted by atomic mass is 32.2. The molecule has 2 fully saturated rings. The summed E-state index contributed by atoms with van der Waals surface area (Å²) in [5.41, 5.74) is 0.204. The molecule has 194 valence electrons. The van der Waals surface area contributed by atoms with Crippen LogP contribution in [0.5, 0.6) is 5.75 Å². The molecule has 1 aromatic carbocycles. The Balaban J connectivity index is 1.31. The Hall–Kier alpha value is -2.32. The van der Waals surface area contributed by atoms with Crippen molar-refractivity contribution in [2.45, 2.75) is 50.4 Å². The third-order valence-electron chi connectivity index (χ3n) is 6.32. The molecule has 2 saturated heterocycles. The maximum absolute atomic E-state index is 14.8. The second-order valence-corrected chi connectivity index (χ2v) is 10.8. The summed E-state index contributed by atoms with van der Waals surface area (Å²) in [4.78, 5) is 5.16. The smallest absolute Gasteiger partial charge is 0.455 e. The molecule has 8 nitrogen and oxygen atoms in total. The van der Waals surface area contributed by atoms with Crippen LogP contribution in [0.2, 0.25) is 0 Å². The van der Waals surface area contributed by atoms with Gasteiger partial charge in [-0.3, -0.25) is 4.90 Å². The maximum Gasteiger partial charge on any atom is 0.455 e. The van der Waals surface area contributed by atoms with Crippen LogP contribution in [0.3, 0.4) is 0 Å². The number of piperidine rings is 2. The number of alkyl halides is 3. The van der Waals surface area contributed by atoms with Gasteiger partial charge in [0.2, 0.25) is 15.9 Å². The molecule has 0 saturated carbocycles. The molecule has 0 amide bonds. The van der Waals surface area contributed by atoms with Gasteiger partial charge in [-0.05, 0) is 43.2 Å². The van der Waals surface area contributed by atoms with Crippen LogP contribution < -0.4 is 4.74 Å². The van der Waals surface area contributed by atoms with Gasteiger partial charge in [-0.1, -0.05) is 5.16 Å². The minimum absolute atomic E-state index is 0.0473. The lowest BCUT2D eigenvalue weighted by Gasteiger charge is -2.32. The number of hydrogen-bond acceptors (Lipinski definition) is 7. The predicted octanol–water partition coefficient (Wildman–Crippen LogP) is 3.55. The summed E-state index contributed by atoms with van der Waals surface area (Å²) in [6, 6.07) is 2.14. The molecule has 2 aromatic rings. The van der Waals surface area contributed by atoms with Gasteiger partial charge in [0, 0.05) is 32.2 Å². The van der Waals surface area contributed by atoms with Gasteiger partial charge in [-0.15, -0.1) is 0 Å². The zero-order valence-corrected chi connectivity index (χ0v) is 19.7. The topological polar surface area (TPSA) is 88.8 Å². The molecule has 3 heterocycles. The highest BCUT2D eigenvalue weighted by Gasteiger charge is 2.37. The Morgan fingerprint density at radius 1 is 1.06 bits per heavy atom. The van der Waals surface area contributed by atoms with E-state index < -0.39 is 39.8 Å². The quantitative estimate of drug-likeness (QED) is 0.534. The number of sulfonamides is 1. The summed E-state index contributed by atoms with van der Waals surface area (Å²) in [6.07, 6.45) is -2.25. The van der Waals surface area contributed by atoms with E-state index in [1.807, 2.05) is 4.90 Å².